The van der Waals surface area contributed by atoms with Gasteiger partial charge in [-0.15, -0.1) is 6.58 Å². The van der Waals surface area contributed by atoms with Crippen LogP contribution in [0.15, 0.2) is 42.5 Å². The van der Waals surface area contributed by atoms with E-state index in [1.807, 2.05) is 37.3 Å². The molecular formula is C34H47NO4. The molecule has 0 heterocycles. The van der Waals surface area contributed by atoms with Crippen molar-refractivity contribution in [1.82, 2.24) is 5.32 Å². The van der Waals surface area contributed by atoms with E-state index in [2.05, 4.69) is 32.7 Å². The summed E-state index contributed by atoms with van der Waals surface area (Å²) in [4.78, 5) is 27.0. The highest BCUT2D eigenvalue weighted by atomic mass is 16.3. The van der Waals surface area contributed by atoms with Crippen LogP contribution in [0.25, 0.3) is 6.08 Å². The molecule has 39 heavy (non-hydrogen) atoms. The topological polar surface area (TPSA) is 86.6 Å². The molecule has 5 rings (SSSR count). The van der Waals surface area contributed by atoms with Gasteiger partial charge in [-0.3, -0.25) is 9.59 Å². The van der Waals surface area contributed by atoms with Gasteiger partial charge in [0.2, 0.25) is 0 Å². The molecule has 0 radical (unpaired) electrons. The van der Waals surface area contributed by atoms with Crippen LogP contribution >= 0.6 is 0 Å². The molecule has 8 atom stereocenters. The second kappa shape index (κ2) is 10.3. The van der Waals surface area contributed by atoms with Gasteiger partial charge in [0, 0.05) is 28.4 Å². The summed E-state index contributed by atoms with van der Waals surface area (Å²) in [7, 11) is 0. The van der Waals surface area contributed by atoms with Crippen LogP contribution in [0.4, 0.5) is 0 Å². The number of nitrogens with one attached hydrogen (secondary N) is 1. The van der Waals surface area contributed by atoms with Crippen molar-refractivity contribution in [3.8, 4) is 0 Å². The summed E-state index contributed by atoms with van der Waals surface area (Å²) >= 11 is 0. The number of Topliss-reactive ketones (excluding diaryl/α,β-unsaturated/α-hetero) is 1. The number of aliphatic hydroxyl groups excluding tert-OH is 2. The lowest BCUT2D eigenvalue weighted by atomic mass is 9.44. The van der Waals surface area contributed by atoms with Crippen LogP contribution in [0.2, 0.25) is 0 Å². The molecule has 4 aliphatic carbocycles. The van der Waals surface area contributed by atoms with Crippen molar-refractivity contribution in [1.29, 1.82) is 0 Å². The second-order valence-electron chi connectivity index (χ2n) is 13.8. The number of carbonyl (C=O) groups excluding carboxylic acids is 2. The minimum absolute atomic E-state index is 0.0340. The van der Waals surface area contributed by atoms with E-state index in [9.17, 15) is 19.8 Å². The molecule has 0 spiro atoms. The van der Waals surface area contributed by atoms with Gasteiger partial charge in [-0.25, -0.2) is 0 Å². The van der Waals surface area contributed by atoms with Crippen molar-refractivity contribution in [2.45, 2.75) is 104 Å². The number of rotatable bonds is 4. The minimum Gasteiger partial charge on any atom is -0.392 e. The lowest BCUT2D eigenvalue weighted by Gasteiger charge is -2.61. The highest BCUT2D eigenvalue weighted by Gasteiger charge is 2.68. The van der Waals surface area contributed by atoms with E-state index in [1.54, 1.807) is 6.08 Å². The van der Waals surface area contributed by atoms with Crippen LogP contribution in [-0.2, 0) is 4.79 Å². The minimum atomic E-state index is -0.715. The molecule has 0 aliphatic heterocycles. The molecular weight excluding hydrogens is 486 g/mol. The van der Waals surface area contributed by atoms with E-state index in [0.29, 0.717) is 18.4 Å². The van der Waals surface area contributed by atoms with Gasteiger partial charge in [0.1, 0.15) is 0 Å². The summed E-state index contributed by atoms with van der Waals surface area (Å²) in [6.07, 6.45) is 10.8. The van der Waals surface area contributed by atoms with Crippen LogP contribution in [0.3, 0.4) is 0 Å². The fourth-order valence-electron chi connectivity index (χ4n) is 8.79. The summed E-state index contributed by atoms with van der Waals surface area (Å²) in [6.45, 7) is 12.4. The lowest BCUT2D eigenvalue weighted by Crippen LogP contribution is -2.62. The van der Waals surface area contributed by atoms with E-state index in [-0.39, 0.29) is 35.5 Å². The summed E-state index contributed by atoms with van der Waals surface area (Å²) in [6, 6.07) is 7.80. The normalized spacial score (nSPS) is 41.9. The van der Waals surface area contributed by atoms with Crippen LogP contribution in [0.1, 0.15) is 101 Å². The highest BCUT2D eigenvalue weighted by Crippen LogP contribution is 2.68. The molecule has 5 heteroatoms. The highest BCUT2D eigenvalue weighted by molar-refractivity contribution is 6.05. The standard InChI is InChI=1S/C34H47NO4/c1-6-32(4)20-27(36)33(5)21(2)16-17-34(22(3)30(32)38)19-25(28(37)29(33)34)18-23-12-14-24(15-13-23)31(39)35-26-10-8-7-9-11-26/h6,12-15,18,21-22,26-27,29-30,36,38H,1,7-11,16-17,19-20H2,2-5H3,(H,35,39)/b25-18+/t21-,22+,27-,29+,30+,32-,33+,34+/m1/s1. The Labute approximate surface area is 234 Å². The Hall–Kier alpha value is -2.24. The Morgan fingerprint density at radius 1 is 1.05 bits per heavy atom. The quantitative estimate of drug-likeness (QED) is 0.323. The molecule has 5 nitrogen and oxygen atoms in total. The summed E-state index contributed by atoms with van der Waals surface area (Å²) in [5, 5.41) is 26.5. The van der Waals surface area contributed by atoms with Crippen LogP contribution in [0.5, 0.6) is 0 Å². The number of carbonyl (C=O) groups is 2. The number of hydrogen-bond acceptors (Lipinski definition) is 4. The van der Waals surface area contributed by atoms with Crippen molar-refractivity contribution >= 4 is 17.8 Å². The molecule has 1 amide bonds. The number of hydrogen-bond donors (Lipinski definition) is 3. The Balaban J connectivity index is 1.46. The first-order valence-corrected chi connectivity index (χ1v) is 15.1. The van der Waals surface area contributed by atoms with Crippen molar-refractivity contribution in [2.75, 3.05) is 0 Å². The molecule has 4 aliphatic rings. The molecule has 212 valence electrons. The predicted molar refractivity (Wildman–Crippen MR) is 155 cm³/mol. The zero-order chi connectivity index (χ0) is 28.2. The maximum absolute atomic E-state index is 14.2. The maximum Gasteiger partial charge on any atom is 0.251 e. The largest absolute Gasteiger partial charge is 0.392 e. The zero-order valence-electron chi connectivity index (χ0n) is 24.2. The Kier molecular flexibility index (Phi) is 7.47. The molecule has 1 aromatic carbocycles. The molecule has 0 saturated heterocycles. The van der Waals surface area contributed by atoms with Gasteiger partial charge in [-0.2, -0.15) is 0 Å². The molecule has 1 aromatic rings. The SMILES string of the molecule is C=C[C@]1(C)C[C@@H](O)[C@]2(C)[C@H](C)CC[C@]3(C/C(=C\c4ccc(C(=O)NC5CCCCC5)cc4)C(=O)[C@H]32)[C@@H](C)[C@@H]1O. The summed E-state index contributed by atoms with van der Waals surface area (Å²) in [5.41, 5.74) is 0.698. The number of benzene rings is 1. The van der Waals surface area contributed by atoms with E-state index in [1.165, 1.54) is 19.3 Å². The van der Waals surface area contributed by atoms with Crippen molar-refractivity contribution < 1.29 is 19.8 Å². The van der Waals surface area contributed by atoms with Gasteiger partial charge in [0.15, 0.2) is 5.78 Å². The van der Waals surface area contributed by atoms with Crippen LogP contribution in [-0.4, -0.2) is 40.2 Å². The Bertz CT molecular complexity index is 1150. The zero-order valence-corrected chi connectivity index (χ0v) is 24.2. The van der Waals surface area contributed by atoms with Gasteiger partial charge in [-0.1, -0.05) is 65.2 Å². The monoisotopic (exact) mass is 533 g/mol. The van der Waals surface area contributed by atoms with Gasteiger partial charge in [0.25, 0.3) is 5.91 Å². The third kappa shape index (κ3) is 4.54. The third-order valence-corrected chi connectivity index (χ3v) is 11.7. The maximum atomic E-state index is 14.2. The fraction of sp³-hybridized carbons (Fsp3) is 0.647. The number of allylic oxidation sites excluding steroid dienone is 1. The average molecular weight is 534 g/mol. The number of ketones is 1. The average Bonchev–Trinajstić information content (AvgIpc) is 3.23. The number of amides is 1. The first-order chi connectivity index (χ1) is 18.5. The Morgan fingerprint density at radius 2 is 1.72 bits per heavy atom. The smallest absolute Gasteiger partial charge is 0.251 e. The first kappa shape index (κ1) is 28.3. The van der Waals surface area contributed by atoms with Gasteiger partial charge < -0.3 is 15.5 Å². The van der Waals surface area contributed by atoms with E-state index in [0.717, 1.165) is 36.8 Å². The van der Waals surface area contributed by atoms with Crippen molar-refractivity contribution in [3.05, 3.63) is 53.6 Å². The van der Waals surface area contributed by atoms with Gasteiger partial charge in [0.05, 0.1) is 12.2 Å². The van der Waals surface area contributed by atoms with E-state index < -0.39 is 28.5 Å². The molecule has 4 fully saturated rings. The second-order valence-corrected chi connectivity index (χ2v) is 13.8. The van der Waals surface area contributed by atoms with Crippen molar-refractivity contribution in [3.63, 3.8) is 0 Å². The first-order valence-electron chi connectivity index (χ1n) is 15.1. The predicted octanol–water partition coefficient (Wildman–Crippen LogP) is 6.10. The molecule has 3 N–H and O–H groups in total. The fourth-order valence-corrected chi connectivity index (χ4v) is 8.79. The molecule has 2 bridgehead atoms. The number of aliphatic hydroxyl groups is 2. The molecule has 4 saturated carbocycles. The summed E-state index contributed by atoms with van der Waals surface area (Å²) < 4.78 is 0. The molecule has 0 aromatic heterocycles. The van der Waals surface area contributed by atoms with Crippen LogP contribution < -0.4 is 5.32 Å². The van der Waals surface area contributed by atoms with Crippen LogP contribution in [0, 0.1) is 34.0 Å². The van der Waals surface area contributed by atoms with Gasteiger partial charge >= 0.3 is 0 Å². The molecule has 0 unspecified atom stereocenters. The third-order valence-electron chi connectivity index (χ3n) is 11.7. The van der Waals surface area contributed by atoms with E-state index >= 15 is 0 Å². The Morgan fingerprint density at radius 3 is 2.36 bits per heavy atom. The van der Waals surface area contributed by atoms with Crippen molar-refractivity contribution in [2.24, 2.45) is 34.0 Å². The summed E-state index contributed by atoms with van der Waals surface area (Å²) in [5.74, 6) is -0.191. The van der Waals surface area contributed by atoms with Gasteiger partial charge in [-0.05, 0) is 85.1 Å². The van der Waals surface area contributed by atoms with E-state index in [4.69, 9.17) is 0 Å². The lowest BCUT2D eigenvalue weighted by molar-refractivity contribution is -0.191.